The zero-order valence-electron chi connectivity index (χ0n) is 18.4. The molecule has 2 aliphatic heterocycles. The molecule has 5 rings (SSSR count). The molecule has 1 unspecified atom stereocenters. The summed E-state index contributed by atoms with van der Waals surface area (Å²) in [6.45, 7) is 0.659. The Morgan fingerprint density at radius 3 is 2.50 bits per heavy atom. The average molecular weight is 498 g/mol. The number of rotatable bonds is 4. The molecule has 1 saturated heterocycles. The first kappa shape index (κ1) is 23.2. The minimum atomic E-state index is -4.95. The first-order chi connectivity index (χ1) is 17.2. The number of carbonyl (C=O) groups excluding carboxylic acids is 2. The van der Waals surface area contributed by atoms with Gasteiger partial charge in [0.2, 0.25) is 0 Å². The molecule has 1 amide bonds. The molecule has 1 aromatic heterocycles. The maximum atomic E-state index is 13.2. The molecule has 3 heterocycles. The predicted octanol–water partition coefficient (Wildman–Crippen LogP) is 4.38. The van der Waals surface area contributed by atoms with Gasteiger partial charge < -0.3 is 19.3 Å². The van der Waals surface area contributed by atoms with Gasteiger partial charge in [0.15, 0.2) is 11.5 Å². The number of Topliss-reactive ketones (excluding diaryl/α,β-unsaturated/α-hetero) is 1. The monoisotopic (exact) mass is 498 g/mol. The van der Waals surface area contributed by atoms with E-state index in [-0.39, 0.29) is 22.5 Å². The highest BCUT2D eigenvalue weighted by molar-refractivity contribution is 6.51. The van der Waals surface area contributed by atoms with Gasteiger partial charge in [0.05, 0.1) is 11.3 Å². The van der Waals surface area contributed by atoms with E-state index in [0.29, 0.717) is 24.7 Å². The number of carbonyl (C=O) groups is 2. The number of aromatic nitrogens is 1. The van der Waals surface area contributed by atoms with Crippen molar-refractivity contribution >= 4 is 23.1 Å². The van der Waals surface area contributed by atoms with Crippen molar-refractivity contribution in [2.75, 3.05) is 18.1 Å². The molecule has 0 spiro atoms. The number of hydrogen-bond donors (Lipinski definition) is 1. The number of amides is 1. The fourth-order valence-electron chi connectivity index (χ4n) is 4.09. The molecular weight excluding hydrogens is 481 g/mol. The van der Waals surface area contributed by atoms with Crippen LogP contribution in [-0.4, -0.2) is 41.4 Å². The standard InChI is InChI=1S/C25H17F3N2O6/c26-25(27,28)36-16-5-3-4-15(13-16)30-21(17-6-1-2-9-29-17)20(23(32)24(30)33)22(31)14-7-8-18-19(12-14)35-11-10-34-18/h1-9,12-13,21,31H,10-11H2/b22-20-. The van der Waals surface area contributed by atoms with Crippen LogP contribution in [0, 0.1) is 0 Å². The van der Waals surface area contributed by atoms with Crippen molar-refractivity contribution < 1.29 is 42.1 Å². The Balaban J connectivity index is 1.65. The van der Waals surface area contributed by atoms with Crippen molar-refractivity contribution in [2.45, 2.75) is 12.4 Å². The summed E-state index contributed by atoms with van der Waals surface area (Å²) in [6, 6.07) is 12.8. The molecule has 1 atom stereocenters. The predicted molar refractivity (Wildman–Crippen MR) is 120 cm³/mol. The van der Waals surface area contributed by atoms with Gasteiger partial charge in [0.25, 0.3) is 11.7 Å². The van der Waals surface area contributed by atoms with Crippen LogP contribution in [0.3, 0.4) is 0 Å². The molecule has 0 radical (unpaired) electrons. The number of fused-ring (bicyclic) bond motifs is 1. The van der Waals surface area contributed by atoms with E-state index < -0.39 is 35.6 Å². The van der Waals surface area contributed by atoms with Gasteiger partial charge in [-0.3, -0.25) is 19.5 Å². The highest BCUT2D eigenvalue weighted by Crippen LogP contribution is 2.43. The lowest BCUT2D eigenvalue weighted by atomic mass is 9.98. The number of ketones is 1. The van der Waals surface area contributed by atoms with E-state index in [1.165, 1.54) is 36.5 Å². The Hall–Kier alpha value is -4.54. The van der Waals surface area contributed by atoms with Crippen LogP contribution in [0.5, 0.6) is 17.2 Å². The number of alkyl halides is 3. The van der Waals surface area contributed by atoms with Crippen molar-refractivity contribution in [3.8, 4) is 17.2 Å². The van der Waals surface area contributed by atoms with Crippen LogP contribution in [-0.2, 0) is 9.59 Å². The highest BCUT2D eigenvalue weighted by atomic mass is 19.4. The molecule has 8 nitrogen and oxygen atoms in total. The summed E-state index contributed by atoms with van der Waals surface area (Å²) in [5.41, 5.74) is 0.0820. The molecule has 0 saturated carbocycles. The number of anilines is 1. The topological polar surface area (TPSA) is 98.2 Å². The van der Waals surface area contributed by atoms with E-state index in [1.807, 2.05) is 0 Å². The second kappa shape index (κ2) is 8.91. The fraction of sp³-hybridized carbons (Fsp3) is 0.160. The van der Waals surface area contributed by atoms with Crippen LogP contribution < -0.4 is 19.1 Å². The highest BCUT2D eigenvalue weighted by Gasteiger charge is 2.48. The largest absolute Gasteiger partial charge is 0.573 e. The zero-order valence-corrected chi connectivity index (χ0v) is 18.4. The van der Waals surface area contributed by atoms with E-state index in [0.717, 1.165) is 17.0 Å². The average Bonchev–Trinajstić information content (AvgIpc) is 3.13. The summed E-state index contributed by atoms with van der Waals surface area (Å²) in [4.78, 5) is 31.6. The lowest BCUT2D eigenvalue weighted by molar-refractivity contribution is -0.274. The van der Waals surface area contributed by atoms with E-state index in [2.05, 4.69) is 9.72 Å². The normalized spacial score (nSPS) is 18.9. The van der Waals surface area contributed by atoms with Crippen LogP contribution >= 0.6 is 0 Å². The first-order valence-corrected chi connectivity index (χ1v) is 10.7. The second-order valence-corrected chi connectivity index (χ2v) is 7.83. The van der Waals surface area contributed by atoms with Crippen LogP contribution in [0.1, 0.15) is 17.3 Å². The second-order valence-electron chi connectivity index (χ2n) is 7.83. The SMILES string of the molecule is O=C1C(=O)N(c2cccc(OC(F)(F)F)c2)C(c2ccccn2)/C1=C(/O)c1ccc2c(c1)OCCO2. The number of nitrogens with zero attached hydrogens (tertiary/aromatic N) is 2. The molecule has 0 aliphatic carbocycles. The molecule has 184 valence electrons. The third kappa shape index (κ3) is 4.30. The minimum Gasteiger partial charge on any atom is -0.507 e. The number of ether oxygens (including phenoxy) is 3. The minimum absolute atomic E-state index is 0.0456. The lowest BCUT2D eigenvalue weighted by Gasteiger charge is -2.25. The van der Waals surface area contributed by atoms with Gasteiger partial charge >= 0.3 is 6.36 Å². The number of hydrogen-bond acceptors (Lipinski definition) is 7. The van der Waals surface area contributed by atoms with Gasteiger partial charge in [-0.2, -0.15) is 0 Å². The van der Waals surface area contributed by atoms with Crippen molar-refractivity contribution in [1.82, 2.24) is 4.98 Å². The zero-order chi connectivity index (χ0) is 25.4. The summed E-state index contributed by atoms with van der Waals surface area (Å²) in [5, 5.41) is 11.2. The first-order valence-electron chi connectivity index (χ1n) is 10.7. The molecule has 11 heteroatoms. The molecular formula is C25H17F3N2O6. The molecule has 0 bridgehead atoms. The van der Waals surface area contributed by atoms with E-state index in [1.54, 1.807) is 18.2 Å². The van der Waals surface area contributed by atoms with Crippen LogP contribution in [0.25, 0.3) is 5.76 Å². The van der Waals surface area contributed by atoms with E-state index in [9.17, 15) is 27.9 Å². The van der Waals surface area contributed by atoms with Gasteiger partial charge in [-0.05, 0) is 42.5 Å². The maximum Gasteiger partial charge on any atom is 0.573 e. The third-order valence-electron chi connectivity index (χ3n) is 5.56. The molecule has 3 aromatic rings. The Bertz CT molecular complexity index is 1370. The number of halogens is 3. The van der Waals surface area contributed by atoms with Gasteiger partial charge in [-0.25, -0.2) is 0 Å². The molecule has 1 N–H and O–H groups in total. The Morgan fingerprint density at radius 2 is 1.78 bits per heavy atom. The molecule has 2 aliphatic rings. The lowest BCUT2D eigenvalue weighted by Crippen LogP contribution is -2.30. The summed E-state index contributed by atoms with van der Waals surface area (Å²) in [5.74, 6) is -2.33. The van der Waals surface area contributed by atoms with Crippen molar-refractivity contribution in [3.05, 3.63) is 83.7 Å². The Morgan fingerprint density at radius 1 is 1.00 bits per heavy atom. The van der Waals surface area contributed by atoms with Crippen LogP contribution in [0.15, 0.2) is 72.4 Å². The van der Waals surface area contributed by atoms with Gasteiger partial charge in [0, 0.05) is 23.5 Å². The number of benzene rings is 2. The van der Waals surface area contributed by atoms with Crippen LogP contribution in [0.2, 0.25) is 0 Å². The smallest absolute Gasteiger partial charge is 0.507 e. The summed E-state index contributed by atoms with van der Waals surface area (Å²) in [7, 11) is 0. The van der Waals surface area contributed by atoms with Gasteiger partial charge in [-0.1, -0.05) is 12.1 Å². The van der Waals surface area contributed by atoms with Crippen molar-refractivity contribution in [3.63, 3.8) is 0 Å². The fourth-order valence-corrected chi connectivity index (χ4v) is 4.09. The number of aliphatic hydroxyl groups excluding tert-OH is 1. The summed E-state index contributed by atoms with van der Waals surface area (Å²) in [6.07, 6.45) is -3.52. The van der Waals surface area contributed by atoms with Crippen molar-refractivity contribution in [2.24, 2.45) is 0 Å². The molecule has 36 heavy (non-hydrogen) atoms. The third-order valence-corrected chi connectivity index (χ3v) is 5.56. The molecule has 2 aromatic carbocycles. The summed E-state index contributed by atoms with van der Waals surface area (Å²) >= 11 is 0. The van der Waals surface area contributed by atoms with Crippen molar-refractivity contribution in [1.29, 1.82) is 0 Å². The number of pyridine rings is 1. The number of aliphatic hydroxyl groups is 1. The quantitative estimate of drug-likeness (QED) is 0.324. The Kier molecular flexibility index (Phi) is 5.75. The van der Waals surface area contributed by atoms with Gasteiger partial charge in [0.1, 0.15) is 30.8 Å². The maximum absolute atomic E-state index is 13.2. The Labute approximate surface area is 202 Å². The van der Waals surface area contributed by atoms with Crippen LogP contribution in [0.4, 0.5) is 18.9 Å². The summed E-state index contributed by atoms with van der Waals surface area (Å²) < 4.78 is 53.3. The van der Waals surface area contributed by atoms with E-state index >= 15 is 0 Å². The van der Waals surface area contributed by atoms with Gasteiger partial charge in [-0.15, -0.1) is 13.2 Å². The van der Waals surface area contributed by atoms with E-state index in [4.69, 9.17) is 9.47 Å². The molecule has 1 fully saturated rings.